The first-order valence-electron chi connectivity index (χ1n) is 12.9. The third-order valence-corrected chi connectivity index (χ3v) is 7.22. The number of hydrogen-bond acceptors (Lipinski definition) is 7. The zero-order valence-corrected chi connectivity index (χ0v) is 22.5. The van der Waals surface area contributed by atoms with Gasteiger partial charge in [-0.2, -0.15) is 0 Å². The van der Waals surface area contributed by atoms with Crippen molar-refractivity contribution in [3.05, 3.63) is 53.9 Å². The van der Waals surface area contributed by atoms with E-state index in [0.717, 1.165) is 48.7 Å². The van der Waals surface area contributed by atoms with E-state index < -0.39 is 0 Å². The Balaban J connectivity index is 1.52. The molecule has 3 heterocycles. The molecule has 0 aliphatic carbocycles. The van der Waals surface area contributed by atoms with Crippen LogP contribution in [0.3, 0.4) is 0 Å². The van der Waals surface area contributed by atoms with E-state index in [-0.39, 0.29) is 0 Å². The van der Waals surface area contributed by atoms with Gasteiger partial charge in [-0.25, -0.2) is 9.97 Å². The predicted octanol–water partition coefficient (Wildman–Crippen LogP) is 5.08. The number of nitrogens with two attached hydrogens (primary N) is 1. The Morgan fingerprint density at radius 2 is 1.92 bits per heavy atom. The molecule has 0 saturated heterocycles. The van der Waals surface area contributed by atoms with Crippen LogP contribution < -0.4 is 20.7 Å². The topological polar surface area (TPSA) is 84.5 Å². The molecular weight excluding hydrogens is 462 g/mol. The molecule has 2 aromatic heterocycles. The van der Waals surface area contributed by atoms with Gasteiger partial charge in [0.15, 0.2) is 0 Å². The fourth-order valence-electron chi connectivity index (χ4n) is 5.23. The maximum atomic E-state index is 6.48. The third kappa shape index (κ3) is 4.81. The van der Waals surface area contributed by atoms with Crippen LogP contribution in [0.5, 0.6) is 5.75 Å². The Morgan fingerprint density at radius 1 is 1.11 bits per heavy atom. The number of rotatable bonds is 8. The van der Waals surface area contributed by atoms with Crippen LogP contribution in [0.2, 0.25) is 0 Å². The first-order chi connectivity index (χ1) is 17.9. The van der Waals surface area contributed by atoms with Gasteiger partial charge < -0.3 is 30.2 Å². The number of nitrogens with zero attached hydrogens (tertiary/aromatic N) is 5. The molecule has 0 fully saturated rings. The van der Waals surface area contributed by atoms with Crippen LogP contribution in [0, 0.1) is 6.92 Å². The molecule has 5 rings (SSSR count). The van der Waals surface area contributed by atoms with Gasteiger partial charge in [0.2, 0.25) is 5.95 Å². The lowest BCUT2D eigenvalue weighted by molar-refractivity contribution is 0.413. The lowest BCUT2D eigenvalue weighted by Gasteiger charge is -2.24. The van der Waals surface area contributed by atoms with Crippen LogP contribution in [0.25, 0.3) is 22.2 Å². The molecule has 4 aromatic rings. The first-order valence-corrected chi connectivity index (χ1v) is 12.9. The summed E-state index contributed by atoms with van der Waals surface area (Å²) in [6.07, 6.45) is 5.36. The van der Waals surface area contributed by atoms with Gasteiger partial charge in [0.25, 0.3) is 0 Å². The second-order valence-electron chi connectivity index (χ2n) is 10.1. The lowest BCUT2D eigenvalue weighted by Crippen LogP contribution is -2.29. The minimum atomic E-state index is 0.520. The number of likely N-dealkylation sites (N-methyl/N-ethyl adjacent to an activating group) is 2. The minimum absolute atomic E-state index is 0.520. The normalized spacial score (nSPS) is 13.1. The standard InChI is InChI=1S/C29H37N7O/c1-19-18-31-29(32-22-16-21(30)25(17-26(22)37-5)35(4)15-14-34(2)3)33-28(19)27-20-10-6-7-11-23(20)36-13-9-8-12-24(27)36/h6-7,10-11,16-18H,8-9,12-15,30H2,1-5H3,(H,31,32,33). The molecule has 3 N–H and O–H groups in total. The summed E-state index contributed by atoms with van der Waals surface area (Å²) < 4.78 is 8.20. The van der Waals surface area contributed by atoms with Crippen LogP contribution in [0.1, 0.15) is 24.1 Å². The molecule has 8 nitrogen and oxygen atoms in total. The summed E-state index contributed by atoms with van der Waals surface area (Å²) in [6.45, 7) is 4.92. The van der Waals surface area contributed by atoms with Crippen molar-refractivity contribution in [3.8, 4) is 17.0 Å². The van der Waals surface area contributed by atoms with Crippen LogP contribution in [-0.4, -0.2) is 60.8 Å². The fraction of sp³-hybridized carbons (Fsp3) is 0.379. The Labute approximate surface area is 219 Å². The first kappa shape index (κ1) is 24.9. The molecule has 1 aliphatic heterocycles. The van der Waals surface area contributed by atoms with Gasteiger partial charge in [0.05, 0.1) is 29.9 Å². The maximum Gasteiger partial charge on any atom is 0.227 e. The number of nitrogen functional groups attached to an aromatic ring is 1. The fourth-order valence-corrected chi connectivity index (χ4v) is 5.23. The number of fused-ring (bicyclic) bond motifs is 3. The third-order valence-electron chi connectivity index (χ3n) is 7.22. The largest absolute Gasteiger partial charge is 0.494 e. The Morgan fingerprint density at radius 3 is 2.70 bits per heavy atom. The number of benzene rings is 2. The number of para-hydroxylation sites is 1. The van der Waals surface area contributed by atoms with Gasteiger partial charge >= 0.3 is 0 Å². The summed E-state index contributed by atoms with van der Waals surface area (Å²) in [5.41, 5.74) is 14.7. The molecule has 8 heteroatoms. The molecular formula is C29H37N7O. The molecule has 0 atom stereocenters. The monoisotopic (exact) mass is 499 g/mol. The summed E-state index contributed by atoms with van der Waals surface area (Å²) in [5.74, 6) is 1.21. The summed E-state index contributed by atoms with van der Waals surface area (Å²) in [5, 5.41) is 4.63. The van der Waals surface area contributed by atoms with Gasteiger partial charge in [-0.1, -0.05) is 18.2 Å². The molecule has 0 unspecified atom stereocenters. The van der Waals surface area contributed by atoms with E-state index in [4.69, 9.17) is 15.5 Å². The molecule has 0 saturated carbocycles. The van der Waals surface area contributed by atoms with Crippen LogP contribution in [0.4, 0.5) is 23.0 Å². The Kier molecular flexibility index (Phi) is 6.93. The van der Waals surface area contributed by atoms with Crippen molar-refractivity contribution >= 4 is 33.9 Å². The predicted molar refractivity (Wildman–Crippen MR) is 153 cm³/mol. The zero-order chi connectivity index (χ0) is 26.1. The highest BCUT2D eigenvalue weighted by atomic mass is 16.5. The van der Waals surface area contributed by atoms with Crippen molar-refractivity contribution in [2.75, 3.05) is 57.3 Å². The van der Waals surface area contributed by atoms with Crippen molar-refractivity contribution in [2.24, 2.45) is 0 Å². The van der Waals surface area contributed by atoms with E-state index in [1.807, 2.05) is 25.4 Å². The number of aromatic nitrogens is 3. The summed E-state index contributed by atoms with van der Waals surface area (Å²) in [7, 11) is 7.84. The average molecular weight is 500 g/mol. The van der Waals surface area contributed by atoms with E-state index in [1.54, 1.807) is 7.11 Å². The highest BCUT2D eigenvalue weighted by Crippen LogP contribution is 2.40. The minimum Gasteiger partial charge on any atom is -0.494 e. The lowest BCUT2D eigenvalue weighted by atomic mass is 10.0. The van der Waals surface area contributed by atoms with Crippen LogP contribution in [0.15, 0.2) is 42.6 Å². The van der Waals surface area contributed by atoms with Gasteiger partial charge in [0, 0.05) is 61.1 Å². The van der Waals surface area contributed by atoms with Crippen molar-refractivity contribution in [3.63, 3.8) is 0 Å². The summed E-state index contributed by atoms with van der Waals surface area (Å²) in [6, 6.07) is 12.5. The molecule has 0 amide bonds. The van der Waals surface area contributed by atoms with Crippen molar-refractivity contribution in [1.82, 2.24) is 19.4 Å². The van der Waals surface area contributed by atoms with E-state index in [2.05, 4.69) is 70.0 Å². The second-order valence-corrected chi connectivity index (χ2v) is 10.1. The molecule has 2 aromatic carbocycles. The summed E-state index contributed by atoms with van der Waals surface area (Å²) >= 11 is 0. The van der Waals surface area contributed by atoms with Crippen molar-refractivity contribution in [2.45, 2.75) is 32.7 Å². The van der Waals surface area contributed by atoms with Gasteiger partial charge in [-0.05, 0) is 58.0 Å². The van der Waals surface area contributed by atoms with Crippen LogP contribution >= 0.6 is 0 Å². The smallest absolute Gasteiger partial charge is 0.227 e. The molecule has 0 radical (unpaired) electrons. The van der Waals surface area contributed by atoms with E-state index >= 15 is 0 Å². The number of aryl methyl sites for hydroxylation is 2. The average Bonchev–Trinajstić information content (AvgIpc) is 3.23. The van der Waals surface area contributed by atoms with Gasteiger partial charge in [-0.15, -0.1) is 0 Å². The second kappa shape index (κ2) is 10.3. The molecule has 1 aliphatic rings. The molecule has 37 heavy (non-hydrogen) atoms. The van der Waals surface area contributed by atoms with Crippen molar-refractivity contribution in [1.29, 1.82) is 0 Å². The molecule has 0 bridgehead atoms. The zero-order valence-electron chi connectivity index (χ0n) is 22.5. The van der Waals surface area contributed by atoms with E-state index in [1.165, 1.54) is 35.0 Å². The van der Waals surface area contributed by atoms with Crippen LogP contribution in [-0.2, 0) is 13.0 Å². The molecule has 0 spiro atoms. The highest BCUT2D eigenvalue weighted by Gasteiger charge is 2.23. The number of hydrogen-bond donors (Lipinski definition) is 2. The highest BCUT2D eigenvalue weighted by molar-refractivity contribution is 5.98. The Bertz CT molecular complexity index is 1430. The van der Waals surface area contributed by atoms with Gasteiger partial charge in [-0.3, -0.25) is 0 Å². The van der Waals surface area contributed by atoms with E-state index in [9.17, 15) is 0 Å². The van der Waals surface area contributed by atoms with Crippen molar-refractivity contribution < 1.29 is 4.74 Å². The number of ether oxygens (including phenoxy) is 1. The quantitative estimate of drug-likeness (QED) is 0.327. The maximum absolute atomic E-state index is 6.48. The SMILES string of the molecule is COc1cc(N(C)CCN(C)C)c(N)cc1Nc1ncc(C)c(-c2c3n(c4ccccc24)CCCC3)n1. The molecule has 194 valence electrons. The summed E-state index contributed by atoms with van der Waals surface area (Å²) in [4.78, 5) is 13.9. The van der Waals surface area contributed by atoms with E-state index in [0.29, 0.717) is 17.4 Å². The van der Waals surface area contributed by atoms with Gasteiger partial charge in [0.1, 0.15) is 5.75 Å². The number of nitrogens with one attached hydrogen (secondary N) is 1. The number of anilines is 4. The number of methoxy groups -OCH3 is 1. The Hall–Kier alpha value is -3.78.